The number of anilines is 1. The van der Waals surface area contributed by atoms with Crippen LogP contribution in [0.15, 0.2) is 48.7 Å². The van der Waals surface area contributed by atoms with Crippen LogP contribution in [0.25, 0.3) is 5.57 Å². The van der Waals surface area contributed by atoms with Crippen molar-refractivity contribution in [3.8, 4) is 0 Å². The molecule has 1 N–H and O–H groups in total. The largest absolute Gasteiger partial charge is 0.338 e. The summed E-state index contributed by atoms with van der Waals surface area (Å²) in [5.41, 5.74) is 5.12. The average Bonchev–Trinajstić information content (AvgIpc) is 3.18. The molecule has 3 heterocycles. The van der Waals surface area contributed by atoms with Crippen molar-refractivity contribution in [1.82, 2.24) is 14.8 Å². The Kier molecular flexibility index (Phi) is 5.34. The highest BCUT2D eigenvalue weighted by molar-refractivity contribution is 5.89. The van der Waals surface area contributed by atoms with Gasteiger partial charge >= 0.3 is 6.03 Å². The maximum Gasteiger partial charge on any atom is 0.322 e. The van der Waals surface area contributed by atoms with Crippen molar-refractivity contribution in [3.63, 3.8) is 0 Å². The number of nitrogens with zero attached hydrogens (tertiary/aromatic N) is 3. The van der Waals surface area contributed by atoms with E-state index in [1.165, 1.54) is 11.1 Å². The number of carbonyl (C=O) groups excluding carboxylic acids is 2. The maximum absolute atomic E-state index is 12.6. The van der Waals surface area contributed by atoms with Crippen LogP contribution in [0.1, 0.15) is 37.1 Å². The topological polar surface area (TPSA) is 65.5 Å². The lowest BCUT2D eigenvalue weighted by atomic mass is 10.0. The van der Waals surface area contributed by atoms with Gasteiger partial charge in [-0.3, -0.25) is 9.78 Å². The summed E-state index contributed by atoms with van der Waals surface area (Å²) in [7, 11) is 0. The molecule has 0 fully saturated rings. The fraction of sp³-hybridized carbons (Fsp3) is 0.348. The first-order valence-corrected chi connectivity index (χ1v) is 10.1. The van der Waals surface area contributed by atoms with Gasteiger partial charge in [-0.1, -0.05) is 44.2 Å². The molecule has 0 bridgehead atoms. The molecule has 0 atom stereocenters. The molecule has 0 saturated heterocycles. The van der Waals surface area contributed by atoms with Crippen LogP contribution in [0.2, 0.25) is 0 Å². The molecule has 3 amide bonds. The Morgan fingerprint density at radius 3 is 2.31 bits per heavy atom. The number of aromatic nitrogens is 1. The molecular weight excluding hydrogens is 364 g/mol. The third-order valence-corrected chi connectivity index (χ3v) is 5.49. The number of carbonyl (C=O) groups is 2. The van der Waals surface area contributed by atoms with E-state index < -0.39 is 0 Å². The van der Waals surface area contributed by atoms with Gasteiger partial charge in [0.2, 0.25) is 5.91 Å². The fourth-order valence-electron chi connectivity index (χ4n) is 3.80. The first kappa shape index (κ1) is 19.2. The molecule has 0 radical (unpaired) electrons. The molecule has 2 aliphatic rings. The van der Waals surface area contributed by atoms with Crippen LogP contribution in [0.4, 0.5) is 10.5 Å². The van der Waals surface area contributed by atoms with E-state index in [1.54, 1.807) is 11.1 Å². The highest BCUT2D eigenvalue weighted by atomic mass is 16.2. The van der Waals surface area contributed by atoms with Crippen molar-refractivity contribution in [2.45, 2.75) is 33.4 Å². The number of urea groups is 1. The van der Waals surface area contributed by atoms with Gasteiger partial charge < -0.3 is 15.1 Å². The Morgan fingerprint density at radius 1 is 1.03 bits per heavy atom. The van der Waals surface area contributed by atoms with Crippen molar-refractivity contribution < 1.29 is 9.59 Å². The molecule has 29 heavy (non-hydrogen) atoms. The number of rotatable bonds is 3. The van der Waals surface area contributed by atoms with Gasteiger partial charge in [-0.25, -0.2) is 4.79 Å². The summed E-state index contributed by atoms with van der Waals surface area (Å²) in [5, 5.41) is 2.94. The summed E-state index contributed by atoms with van der Waals surface area (Å²) in [5.74, 6) is 0.213. The SMILES string of the molecule is CC(C)C(=O)N1CC=C(c2ccc(NC(=O)N3Cc4ccccc4C3)cn2)CC1. The molecule has 2 aliphatic heterocycles. The lowest BCUT2D eigenvalue weighted by Gasteiger charge is -2.27. The number of hydrogen-bond donors (Lipinski definition) is 1. The third-order valence-electron chi connectivity index (χ3n) is 5.49. The Morgan fingerprint density at radius 2 is 1.76 bits per heavy atom. The summed E-state index contributed by atoms with van der Waals surface area (Å²) >= 11 is 0. The molecule has 1 aromatic carbocycles. The lowest BCUT2D eigenvalue weighted by molar-refractivity contribution is -0.134. The standard InChI is InChI=1S/C23H26N4O2/c1-16(2)22(28)26-11-9-17(10-12-26)21-8-7-20(13-24-21)25-23(29)27-14-18-5-3-4-6-19(18)15-27/h3-9,13,16H,10-12,14-15H2,1-2H3,(H,25,29). The molecule has 0 saturated carbocycles. The average molecular weight is 390 g/mol. The van der Waals surface area contributed by atoms with Gasteiger partial charge in [-0.2, -0.15) is 0 Å². The highest BCUT2D eigenvalue weighted by Crippen LogP contribution is 2.24. The van der Waals surface area contributed by atoms with Crippen LogP contribution in [-0.2, 0) is 17.9 Å². The predicted octanol–water partition coefficient (Wildman–Crippen LogP) is 3.90. The highest BCUT2D eigenvalue weighted by Gasteiger charge is 2.23. The summed E-state index contributed by atoms with van der Waals surface area (Å²) < 4.78 is 0. The maximum atomic E-state index is 12.6. The van der Waals surface area contributed by atoms with E-state index in [0.29, 0.717) is 25.3 Å². The summed E-state index contributed by atoms with van der Waals surface area (Å²) in [4.78, 5) is 32.9. The van der Waals surface area contributed by atoms with Crippen LogP contribution in [0, 0.1) is 5.92 Å². The Balaban J connectivity index is 1.35. The van der Waals surface area contributed by atoms with Crippen molar-refractivity contribution >= 4 is 23.2 Å². The second-order valence-corrected chi connectivity index (χ2v) is 7.91. The fourth-order valence-corrected chi connectivity index (χ4v) is 3.80. The Bertz CT molecular complexity index is 925. The number of benzene rings is 1. The van der Waals surface area contributed by atoms with Gasteiger partial charge in [0.05, 0.1) is 17.6 Å². The molecule has 0 aliphatic carbocycles. The third kappa shape index (κ3) is 4.16. The number of amides is 3. The number of fused-ring (bicyclic) bond motifs is 1. The van der Waals surface area contributed by atoms with Crippen molar-refractivity contribution in [1.29, 1.82) is 0 Å². The monoisotopic (exact) mass is 390 g/mol. The van der Waals surface area contributed by atoms with Gasteiger partial charge in [0, 0.05) is 32.1 Å². The van der Waals surface area contributed by atoms with Crippen LogP contribution in [-0.4, -0.2) is 39.8 Å². The van der Waals surface area contributed by atoms with E-state index in [4.69, 9.17) is 0 Å². The normalized spacial score (nSPS) is 15.9. The van der Waals surface area contributed by atoms with Gasteiger partial charge in [0.1, 0.15) is 0 Å². The molecular formula is C23H26N4O2. The summed E-state index contributed by atoms with van der Waals surface area (Å²) in [6, 6.07) is 11.8. The van der Waals surface area contributed by atoms with E-state index in [9.17, 15) is 9.59 Å². The van der Waals surface area contributed by atoms with Crippen LogP contribution >= 0.6 is 0 Å². The van der Waals surface area contributed by atoms with Crippen molar-refractivity contribution in [3.05, 3.63) is 65.5 Å². The van der Waals surface area contributed by atoms with Gasteiger partial charge in [-0.05, 0) is 35.3 Å². The molecule has 150 valence electrons. The zero-order valence-corrected chi connectivity index (χ0v) is 16.9. The number of pyridine rings is 1. The van der Waals surface area contributed by atoms with Crippen LogP contribution in [0.5, 0.6) is 0 Å². The van der Waals surface area contributed by atoms with Crippen molar-refractivity contribution in [2.24, 2.45) is 5.92 Å². The number of nitrogens with one attached hydrogen (secondary N) is 1. The predicted molar refractivity (Wildman–Crippen MR) is 113 cm³/mol. The minimum absolute atomic E-state index is 0.0226. The minimum atomic E-state index is -0.115. The van der Waals surface area contributed by atoms with Gasteiger partial charge in [0.25, 0.3) is 0 Å². The van der Waals surface area contributed by atoms with Crippen molar-refractivity contribution in [2.75, 3.05) is 18.4 Å². The lowest BCUT2D eigenvalue weighted by Crippen LogP contribution is -2.37. The summed E-state index contributed by atoms with van der Waals surface area (Å²) in [6.07, 6.45) is 4.57. The molecule has 6 nitrogen and oxygen atoms in total. The Hall–Kier alpha value is -3.15. The van der Waals surface area contributed by atoms with Gasteiger partial charge in [-0.15, -0.1) is 0 Å². The molecule has 2 aromatic rings. The second kappa shape index (κ2) is 8.07. The van der Waals surface area contributed by atoms with Gasteiger partial charge in [0.15, 0.2) is 0 Å². The van der Waals surface area contributed by atoms with E-state index in [0.717, 1.165) is 24.2 Å². The number of hydrogen-bond acceptors (Lipinski definition) is 3. The zero-order chi connectivity index (χ0) is 20.4. The quantitative estimate of drug-likeness (QED) is 0.864. The molecule has 0 unspecified atom stereocenters. The van der Waals surface area contributed by atoms with E-state index in [1.807, 2.05) is 43.0 Å². The molecule has 4 rings (SSSR count). The van der Waals surface area contributed by atoms with Crippen LogP contribution < -0.4 is 5.32 Å². The molecule has 1 aromatic heterocycles. The minimum Gasteiger partial charge on any atom is -0.338 e. The molecule has 0 spiro atoms. The smallest absolute Gasteiger partial charge is 0.322 e. The summed E-state index contributed by atoms with van der Waals surface area (Å²) in [6.45, 7) is 6.46. The van der Waals surface area contributed by atoms with E-state index >= 15 is 0 Å². The van der Waals surface area contributed by atoms with Crippen LogP contribution in [0.3, 0.4) is 0 Å². The second-order valence-electron chi connectivity index (χ2n) is 7.91. The zero-order valence-electron chi connectivity index (χ0n) is 16.9. The first-order valence-electron chi connectivity index (χ1n) is 10.1. The van der Waals surface area contributed by atoms with E-state index in [-0.39, 0.29) is 17.9 Å². The first-order chi connectivity index (χ1) is 14.0. The molecule has 6 heteroatoms. The van der Waals surface area contributed by atoms with E-state index in [2.05, 4.69) is 28.5 Å². The Labute approximate surface area is 171 Å².